The first-order valence-electron chi connectivity index (χ1n) is 4.66. The topological polar surface area (TPSA) is 37.7 Å². The number of para-hydroxylation sites is 1. The lowest BCUT2D eigenvalue weighted by Gasteiger charge is -1.93. The lowest BCUT2D eigenvalue weighted by molar-refractivity contribution is 1.02. The first kappa shape index (κ1) is 7.15. The number of aromatic amines is 1. The van der Waals surface area contributed by atoms with Gasteiger partial charge >= 0.3 is 0 Å². The van der Waals surface area contributed by atoms with Crippen LogP contribution in [0.4, 0.5) is 0 Å². The predicted molar refractivity (Wildman–Crippen MR) is 53.8 cm³/mol. The van der Waals surface area contributed by atoms with E-state index in [2.05, 4.69) is 41.5 Å². The van der Waals surface area contributed by atoms with Crippen molar-refractivity contribution in [2.24, 2.45) is 0 Å². The molecule has 0 bridgehead atoms. The van der Waals surface area contributed by atoms with Gasteiger partial charge in [-0.25, -0.2) is 0 Å². The summed E-state index contributed by atoms with van der Waals surface area (Å²) < 4.78 is 0. The third-order valence-corrected chi connectivity index (χ3v) is 2.67. The van der Waals surface area contributed by atoms with E-state index in [0.717, 1.165) is 6.54 Å². The van der Waals surface area contributed by atoms with E-state index < -0.39 is 0 Å². The molecular weight excluding hydrogens is 160 g/mol. The summed E-state index contributed by atoms with van der Waals surface area (Å²) in [5.74, 6) is 0. The molecule has 2 heteroatoms. The minimum atomic E-state index is 0.576. The van der Waals surface area contributed by atoms with E-state index in [1.807, 2.05) is 0 Å². The second-order valence-electron chi connectivity index (χ2n) is 3.72. The Morgan fingerprint density at radius 1 is 1.38 bits per heavy atom. The zero-order valence-corrected chi connectivity index (χ0v) is 7.59. The van der Waals surface area contributed by atoms with Crippen LogP contribution in [-0.4, -0.2) is 11.5 Å². The van der Waals surface area contributed by atoms with Crippen molar-refractivity contribution in [3.63, 3.8) is 0 Å². The van der Waals surface area contributed by atoms with Crippen LogP contribution in [0.5, 0.6) is 0 Å². The maximum absolute atomic E-state index is 3.46. The van der Waals surface area contributed by atoms with Gasteiger partial charge in [-0.15, -0.1) is 0 Å². The van der Waals surface area contributed by atoms with Gasteiger partial charge in [0.2, 0.25) is 0 Å². The molecule has 0 amide bonds. The molecule has 2 aromatic rings. The molecule has 0 aliphatic carbocycles. The van der Waals surface area contributed by atoms with Gasteiger partial charge in [-0.2, -0.15) is 0 Å². The summed E-state index contributed by atoms with van der Waals surface area (Å²) in [7, 11) is 0. The Bertz CT molecular complexity index is 452. The fraction of sp³-hybridized carbons (Fsp3) is 0.273. The van der Waals surface area contributed by atoms with Gasteiger partial charge < -0.3 is 10.3 Å². The van der Waals surface area contributed by atoms with Gasteiger partial charge in [-0.1, -0.05) is 18.2 Å². The molecule has 0 radical (unpaired) electrons. The Morgan fingerprint density at radius 2 is 2.23 bits per heavy atom. The molecule has 3 rings (SSSR count). The number of aryl methyl sites for hydroxylation is 1. The molecule has 0 unspecified atom stereocenters. The number of rotatable bonds is 1. The molecule has 1 fully saturated rings. The van der Waals surface area contributed by atoms with Gasteiger partial charge in [0, 0.05) is 17.8 Å². The summed E-state index contributed by atoms with van der Waals surface area (Å²) in [6, 6.07) is 9.22. The quantitative estimate of drug-likeness (QED) is 0.635. The Kier molecular flexibility index (Phi) is 1.30. The molecule has 0 spiro atoms. The average Bonchev–Trinajstić information content (AvgIpc) is 2.87. The van der Waals surface area contributed by atoms with E-state index >= 15 is 0 Å². The minimum absolute atomic E-state index is 0.576. The first-order valence-corrected chi connectivity index (χ1v) is 4.66. The minimum Gasteiger partial charge on any atom is -0.357 e. The largest absolute Gasteiger partial charge is 0.357 e. The molecule has 2 N–H and O–H groups in total. The van der Waals surface area contributed by atoms with Crippen LogP contribution in [-0.2, 0) is 0 Å². The van der Waals surface area contributed by atoms with E-state index in [4.69, 9.17) is 0 Å². The molecule has 66 valence electrons. The fourth-order valence-electron chi connectivity index (χ4n) is 1.80. The van der Waals surface area contributed by atoms with Crippen molar-refractivity contribution in [1.29, 1.82) is 0 Å². The summed E-state index contributed by atoms with van der Waals surface area (Å²) in [6.45, 7) is 3.26. The predicted octanol–water partition coefficient (Wildman–Crippen LogP) is 2.12. The summed E-state index contributed by atoms with van der Waals surface area (Å²) in [5.41, 5.74) is 3.93. The maximum Gasteiger partial charge on any atom is 0.0600 e. The SMILES string of the molecule is Cc1cccc2cc([C@H]3CN3)[nH]c12. The second-order valence-corrected chi connectivity index (χ2v) is 3.72. The van der Waals surface area contributed by atoms with Crippen LogP contribution in [0.25, 0.3) is 10.9 Å². The summed E-state index contributed by atoms with van der Waals surface area (Å²) in [6.07, 6.45) is 0. The van der Waals surface area contributed by atoms with Crippen molar-refractivity contribution in [3.8, 4) is 0 Å². The number of nitrogens with one attached hydrogen (secondary N) is 2. The van der Waals surface area contributed by atoms with Crippen LogP contribution in [0.1, 0.15) is 17.3 Å². The highest BCUT2D eigenvalue weighted by Gasteiger charge is 2.23. The molecule has 0 saturated carbocycles. The van der Waals surface area contributed by atoms with Crippen molar-refractivity contribution in [2.75, 3.05) is 6.54 Å². The molecule has 1 saturated heterocycles. The zero-order valence-electron chi connectivity index (χ0n) is 7.59. The third kappa shape index (κ3) is 1.06. The Morgan fingerprint density at radius 3 is 2.92 bits per heavy atom. The van der Waals surface area contributed by atoms with Crippen LogP contribution < -0.4 is 5.32 Å². The monoisotopic (exact) mass is 172 g/mol. The summed E-state index contributed by atoms with van der Waals surface area (Å²) in [4.78, 5) is 3.46. The lowest BCUT2D eigenvalue weighted by atomic mass is 10.2. The van der Waals surface area contributed by atoms with Crippen molar-refractivity contribution in [2.45, 2.75) is 13.0 Å². The molecule has 1 atom stereocenters. The molecule has 1 aromatic carbocycles. The first-order chi connectivity index (χ1) is 6.34. The third-order valence-electron chi connectivity index (χ3n) is 2.67. The highest BCUT2D eigenvalue weighted by atomic mass is 15.1. The number of benzene rings is 1. The van der Waals surface area contributed by atoms with Crippen LogP contribution in [0, 0.1) is 6.92 Å². The normalized spacial score (nSPS) is 20.8. The Hall–Kier alpha value is -1.28. The Balaban J connectivity index is 2.26. The Labute approximate surface area is 77.0 Å². The zero-order chi connectivity index (χ0) is 8.84. The van der Waals surface area contributed by atoms with Gasteiger partial charge in [0.15, 0.2) is 0 Å². The van der Waals surface area contributed by atoms with Crippen molar-refractivity contribution in [3.05, 3.63) is 35.5 Å². The van der Waals surface area contributed by atoms with E-state index in [0.29, 0.717) is 6.04 Å². The van der Waals surface area contributed by atoms with Crippen LogP contribution in [0.2, 0.25) is 0 Å². The smallest absolute Gasteiger partial charge is 0.0600 e. The summed E-state index contributed by atoms with van der Waals surface area (Å²) >= 11 is 0. The van der Waals surface area contributed by atoms with Crippen LogP contribution >= 0.6 is 0 Å². The van der Waals surface area contributed by atoms with Crippen molar-refractivity contribution >= 4 is 10.9 Å². The van der Waals surface area contributed by atoms with Crippen molar-refractivity contribution < 1.29 is 0 Å². The van der Waals surface area contributed by atoms with Crippen LogP contribution in [0.15, 0.2) is 24.3 Å². The highest BCUT2D eigenvalue weighted by molar-refractivity contribution is 5.83. The molecule has 13 heavy (non-hydrogen) atoms. The van der Waals surface area contributed by atoms with Gasteiger partial charge in [0.1, 0.15) is 0 Å². The van der Waals surface area contributed by atoms with E-state index in [1.54, 1.807) is 0 Å². The highest BCUT2D eigenvalue weighted by Crippen LogP contribution is 2.26. The number of H-pyrrole nitrogens is 1. The van der Waals surface area contributed by atoms with Crippen LogP contribution in [0.3, 0.4) is 0 Å². The molecule has 1 aliphatic heterocycles. The average molecular weight is 172 g/mol. The molecule has 2 heterocycles. The maximum atomic E-state index is 3.46. The van der Waals surface area contributed by atoms with Gasteiger partial charge in [-0.3, -0.25) is 0 Å². The van der Waals surface area contributed by atoms with Gasteiger partial charge in [-0.05, 0) is 23.9 Å². The van der Waals surface area contributed by atoms with Crippen molar-refractivity contribution in [1.82, 2.24) is 10.3 Å². The number of aromatic nitrogens is 1. The second kappa shape index (κ2) is 2.36. The van der Waals surface area contributed by atoms with E-state index in [-0.39, 0.29) is 0 Å². The molecule has 1 aromatic heterocycles. The molecule has 2 nitrogen and oxygen atoms in total. The lowest BCUT2D eigenvalue weighted by Crippen LogP contribution is -1.82. The van der Waals surface area contributed by atoms with Gasteiger partial charge in [0.05, 0.1) is 6.04 Å². The van der Waals surface area contributed by atoms with E-state index in [9.17, 15) is 0 Å². The number of hydrogen-bond acceptors (Lipinski definition) is 1. The molecule has 1 aliphatic rings. The van der Waals surface area contributed by atoms with E-state index in [1.165, 1.54) is 22.2 Å². The summed E-state index contributed by atoms with van der Waals surface area (Å²) in [5, 5.41) is 4.62. The van der Waals surface area contributed by atoms with Gasteiger partial charge in [0.25, 0.3) is 0 Å². The standard InChI is InChI=1S/C11H12N2/c1-7-3-2-4-8-5-9(10-6-12-10)13-11(7)8/h2-5,10,12-13H,6H2,1H3/t10-/m1/s1. The number of fused-ring (bicyclic) bond motifs is 1. The number of hydrogen-bond donors (Lipinski definition) is 2. The molecular formula is C11H12N2. The fourth-order valence-corrected chi connectivity index (χ4v) is 1.80.